The number of fused-ring (bicyclic) bond motifs is 1. The summed E-state index contributed by atoms with van der Waals surface area (Å²) in [5.74, 6) is 1.63. The molecule has 1 heterocycles. The van der Waals surface area contributed by atoms with Gasteiger partial charge >= 0.3 is 0 Å². The highest BCUT2D eigenvalue weighted by atomic mass is 16.6. The lowest BCUT2D eigenvalue weighted by Gasteiger charge is -2.33. The molecule has 4 nitrogen and oxygen atoms in total. The normalized spacial score (nSPS) is 16.4. The first-order valence-electron chi connectivity index (χ1n) is 6.20. The molecule has 0 aliphatic carbocycles. The van der Waals surface area contributed by atoms with E-state index in [1.807, 2.05) is 19.2 Å². The summed E-state index contributed by atoms with van der Waals surface area (Å²) in [5, 5.41) is 3.29. The van der Waals surface area contributed by atoms with Crippen molar-refractivity contribution < 1.29 is 14.2 Å². The molecule has 0 radical (unpaired) electrons. The van der Waals surface area contributed by atoms with Gasteiger partial charge in [-0.05, 0) is 38.6 Å². The number of nitrogens with one attached hydrogen (secondary N) is 1. The molecule has 1 atom stereocenters. The third kappa shape index (κ3) is 2.44. The summed E-state index contributed by atoms with van der Waals surface area (Å²) in [5.41, 5.74) is 0.840. The third-order valence-electron chi connectivity index (χ3n) is 3.41. The Kier molecular flexibility index (Phi) is 3.78. The SMILES string of the molecule is CNC(c1ccc2c(c1)OCCO2)C(C)(C)OC. The van der Waals surface area contributed by atoms with Crippen molar-refractivity contribution in [3.63, 3.8) is 0 Å². The summed E-state index contributed by atoms with van der Waals surface area (Å²) >= 11 is 0. The van der Waals surface area contributed by atoms with Crippen molar-refractivity contribution in [2.75, 3.05) is 27.4 Å². The number of hydrogen-bond donors (Lipinski definition) is 1. The van der Waals surface area contributed by atoms with E-state index in [1.54, 1.807) is 7.11 Å². The van der Waals surface area contributed by atoms with Gasteiger partial charge in [-0.3, -0.25) is 0 Å². The zero-order valence-electron chi connectivity index (χ0n) is 11.4. The maximum absolute atomic E-state index is 5.61. The molecule has 1 aliphatic rings. The van der Waals surface area contributed by atoms with Gasteiger partial charge in [0.15, 0.2) is 11.5 Å². The highest BCUT2D eigenvalue weighted by molar-refractivity contribution is 5.45. The van der Waals surface area contributed by atoms with Crippen LogP contribution in [0.15, 0.2) is 18.2 Å². The molecule has 0 saturated heterocycles. The van der Waals surface area contributed by atoms with Crippen LogP contribution in [0.3, 0.4) is 0 Å². The van der Waals surface area contributed by atoms with E-state index in [-0.39, 0.29) is 11.6 Å². The van der Waals surface area contributed by atoms with E-state index < -0.39 is 0 Å². The summed E-state index contributed by atoms with van der Waals surface area (Å²) in [7, 11) is 3.66. The molecule has 4 heteroatoms. The van der Waals surface area contributed by atoms with Crippen LogP contribution in [0, 0.1) is 0 Å². The van der Waals surface area contributed by atoms with Gasteiger partial charge < -0.3 is 19.5 Å². The molecule has 0 saturated carbocycles. The van der Waals surface area contributed by atoms with Crippen molar-refractivity contribution in [3.05, 3.63) is 23.8 Å². The van der Waals surface area contributed by atoms with E-state index in [2.05, 4.69) is 25.2 Å². The van der Waals surface area contributed by atoms with Crippen LogP contribution in [0.4, 0.5) is 0 Å². The predicted molar refractivity (Wildman–Crippen MR) is 70.3 cm³/mol. The summed E-state index contributed by atoms with van der Waals surface area (Å²) in [6, 6.07) is 6.13. The van der Waals surface area contributed by atoms with Crippen molar-refractivity contribution in [3.8, 4) is 11.5 Å². The number of ether oxygens (including phenoxy) is 3. The fraction of sp³-hybridized carbons (Fsp3) is 0.571. The van der Waals surface area contributed by atoms with Crippen molar-refractivity contribution in [2.45, 2.75) is 25.5 Å². The van der Waals surface area contributed by atoms with Gasteiger partial charge in [0.2, 0.25) is 0 Å². The first-order chi connectivity index (χ1) is 8.58. The van der Waals surface area contributed by atoms with Gasteiger partial charge in [0.05, 0.1) is 11.6 Å². The molecular weight excluding hydrogens is 230 g/mol. The molecule has 0 amide bonds. The Morgan fingerprint density at radius 3 is 2.50 bits per heavy atom. The first-order valence-corrected chi connectivity index (χ1v) is 6.20. The molecule has 1 aliphatic heterocycles. The van der Waals surface area contributed by atoms with E-state index in [4.69, 9.17) is 14.2 Å². The minimum Gasteiger partial charge on any atom is -0.486 e. The van der Waals surface area contributed by atoms with E-state index in [1.165, 1.54) is 0 Å². The van der Waals surface area contributed by atoms with Crippen LogP contribution in [0.5, 0.6) is 11.5 Å². The van der Waals surface area contributed by atoms with Crippen molar-refractivity contribution in [2.24, 2.45) is 0 Å². The monoisotopic (exact) mass is 251 g/mol. The number of hydrogen-bond acceptors (Lipinski definition) is 4. The molecular formula is C14H21NO3. The highest BCUT2D eigenvalue weighted by Gasteiger charge is 2.30. The Bertz CT molecular complexity index is 418. The van der Waals surface area contributed by atoms with Gasteiger partial charge in [-0.2, -0.15) is 0 Å². The molecule has 0 bridgehead atoms. The number of methoxy groups -OCH3 is 1. The Morgan fingerprint density at radius 2 is 1.89 bits per heavy atom. The van der Waals surface area contributed by atoms with E-state index in [0.717, 1.165) is 17.1 Å². The van der Waals surface area contributed by atoms with Crippen LogP contribution in [0.2, 0.25) is 0 Å². The topological polar surface area (TPSA) is 39.7 Å². The van der Waals surface area contributed by atoms with Crippen molar-refractivity contribution in [1.29, 1.82) is 0 Å². The van der Waals surface area contributed by atoms with Crippen LogP contribution in [-0.4, -0.2) is 33.0 Å². The van der Waals surface area contributed by atoms with Crippen LogP contribution >= 0.6 is 0 Å². The van der Waals surface area contributed by atoms with Gasteiger partial charge in [0.1, 0.15) is 13.2 Å². The first kappa shape index (κ1) is 13.2. The maximum atomic E-state index is 5.61. The average Bonchev–Trinajstić information content (AvgIpc) is 2.39. The van der Waals surface area contributed by atoms with E-state index >= 15 is 0 Å². The zero-order valence-corrected chi connectivity index (χ0v) is 11.4. The Labute approximate surface area is 108 Å². The summed E-state index contributed by atoms with van der Waals surface area (Å²) in [4.78, 5) is 0. The molecule has 1 unspecified atom stereocenters. The zero-order chi connectivity index (χ0) is 13.2. The van der Waals surface area contributed by atoms with Crippen molar-refractivity contribution >= 4 is 0 Å². The summed E-state index contributed by atoms with van der Waals surface area (Å²) in [6.07, 6.45) is 0. The van der Waals surface area contributed by atoms with Crippen molar-refractivity contribution in [1.82, 2.24) is 5.32 Å². The second kappa shape index (κ2) is 5.16. The molecule has 1 N–H and O–H groups in total. The number of rotatable bonds is 4. The molecule has 0 spiro atoms. The van der Waals surface area contributed by atoms with Crippen LogP contribution < -0.4 is 14.8 Å². The number of likely N-dealkylation sites (N-methyl/N-ethyl adjacent to an activating group) is 1. The standard InChI is InChI=1S/C14H21NO3/c1-14(2,16-4)13(15-3)10-5-6-11-12(9-10)18-8-7-17-11/h5-6,9,13,15H,7-8H2,1-4H3. The third-order valence-corrected chi connectivity index (χ3v) is 3.41. The van der Waals surface area contributed by atoms with Gasteiger partial charge in [0.25, 0.3) is 0 Å². The quantitative estimate of drug-likeness (QED) is 0.890. The Hall–Kier alpha value is -1.26. The second-order valence-corrected chi connectivity index (χ2v) is 4.93. The highest BCUT2D eigenvalue weighted by Crippen LogP contribution is 2.36. The average molecular weight is 251 g/mol. The lowest BCUT2D eigenvalue weighted by Crippen LogP contribution is -2.39. The minimum absolute atomic E-state index is 0.0957. The van der Waals surface area contributed by atoms with E-state index in [0.29, 0.717) is 13.2 Å². The number of benzene rings is 1. The van der Waals surface area contributed by atoms with Crippen LogP contribution in [0.25, 0.3) is 0 Å². The molecule has 1 aromatic carbocycles. The molecule has 2 rings (SSSR count). The largest absolute Gasteiger partial charge is 0.486 e. The maximum Gasteiger partial charge on any atom is 0.161 e. The predicted octanol–water partition coefficient (Wildman–Crippen LogP) is 2.14. The smallest absolute Gasteiger partial charge is 0.161 e. The lowest BCUT2D eigenvalue weighted by atomic mass is 9.91. The molecule has 100 valence electrons. The van der Waals surface area contributed by atoms with Gasteiger partial charge in [-0.1, -0.05) is 6.07 Å². The second-order valence-electron chi connectivity index (χ2n) is 4.93. The van der Waals surface area contributed by atoms with Gasteiger partial charge in [-0.25, -0.2) is 0 Å². The van der Waals surface area contributed by atoms with Gasteiger partial charge in [0, 0.05) is 7.11 Å². The van der Waals surface area contributed by atoms with E-state index in [9.17, 15) is 0 Å². The molecule has 1 aromatic rings. The van der Waals surface area contributed by atoms with Gasteiger partial charge in [-0.15, -0.1) is 0 Å². The fourth-order valence-electron chi connectivity index (χ4n) is 2.27. The Balaban J connectivity index is 2.32. The minimum atomic E-state index is -0.293. The fourth-order valence-corrected chi connectivity index (χ4v) is 2.27. The Morgan fingerprint density at radius 1 is 1.22 bits per heavy atom. The molecule has 0 fully saturated rings. The molecule has 0 aromatic heterocycles. The summed E-state index contributed by atoms with van der Waals surface area (Å²) < 4.78 is 16.7. The lowest BCUT2D eigenvalue weighted by molar-refractivity contribution is -0.00909. The van der Waals surface area contributed by atoms with Crippen LogP contribution in [-0.2, 0) is 4.74 Å². The molecule has 18 heavy (non-hydrogen) atoms. The van der Waals surface area contributed by atoms with Crippen LogP contribution in [0.1, 0.15) is 25.5 Å². The summed E-state index contributed by atoms with van der Waals surface area (Å²) in [6.45, 7) is 5.34.